The third kappa shape index (κ3) is 4.90. The van der Waals surface area contributed by atoms with Gasteiger partial charge in [-0.1, -0.05) is 12.1 Å². The number of carbonyl (C=O) groups is 2. The Morgan fingerprint density at radius 3 is 2.22 bits per heavy atom. The van der Waals surface area contributed by atoms with Crippen LogP contribution in [0.5, 0.6) is 0 Å². The summed E-state index contributed by atoms with van der Waals surface area (Å²) in [6.07, 6.45) is -4.81. The average molecular weight is 388 g/mol. The second-order valence-electron chi connectivity index (χ2n) is 5.36. The molecule has 4 N–H and O–H groups in total. The number of nitrogens with one attached hydrogen (secondary N) is 2. The van der Waals surface area contributed by atoms with Gasteiger partial charge < -0.3 is 16.4 Å². The molecule has 0 saturated heterocycles. The fraction of sp³-hybridized carbons (Fsp3) is 0.188. The predicted octanol–water partition coefficient (Wildman–Crippen LogP) is 2.84. The number of amides is 2. The van der Waals surface area contributed by atoms with Crippen LogP contribution in [0.4, 0.5) is 33.3 Å². The van der Waals surface area contributed by atoms with Crippen LogP contribution >= 0.6 is 0 Å². The number of nitrogen functional groups attached to an aromatic ring is 1. The smallest absolute Gasteiger partial charge is 0.397 e. The van der Waals surface area contributed by atoms with Gasteiger partial charge in [0.15, 0.2) is 0 Å². The molecule has 6 nitrogen and oxygen atoms in total. The topological polar surface area (TPSA) is 97.1 Å². The molecule has 0 atom stereocenters. The van der Waals surface area contributed by atoms with E-state index < -0.39 is 36.2 Å². The summed E-state index contributed by atoms with van der Waals surface area (Å²) >= 11 is 0. The molecule has 1 aromatic heterocycles. The van der Waals surface area contributed by atoms with Crippen LogP contribution in [0.2, 0.25) is 0 Å². The first-order chi connectivity index (χ1) is 12.5. The number of rotatable bonds is 5. The molecule has 2 rings (SSSR count). The highest BCUT2D eigenvalue weighted by molar-refractivity contribution is 6.05. The first-order valence-electron chi connectivity index (χ1n) is 7.36. The summed E-state index contributed by atoms with van der Waals surface area (Å²) in [5.41, 5.74) is 5.95. The number of anilines is 2. The van der Waals surface area contributed by atoms with Gasteiger partial charge in [-0.2, -0.15) is 22.0 Å². The van der Waals surface area contributed by atoms with Gasteiger partial charge in [-0.05, 0) is 24.3 Å². The normalized spacial score (nSPS) is 11.7. The number of benzene rings is 1. The van der Waals surface area contributed by atoms with Crippen molar-refractivity contribution >= 4 is 23.2 Å². The van der Waals surface area contributed by atoms with E-state index in [4.69, 9.17) is 5.73 Å². The van der Waals surface area contributed by atoms with E-state index in [2.05, 4.69) is 10.3 Å². The number of hydrogen-bond donors (Lipinski definition) is 3. The van der Waals surface area contributed by atoms with Gasteiger partial charge >= 0.3 is 12.1 Å². The van der Waals surface area contributed by atoms with E-state index >= 15 is 0 Å². The standard InChI is InChI=1S/C16H13F5N4O2/c17-15(18,16(19,20)21)8-24-14(27)12-6-5-9(7-23-12)13(26)25-11-4-2-1-3-10(11)22/h1-7H,8,22H2,(H,24,27)(H,25,26). The largest absolute Gasteiger partial charge is 0.455 e. The highest BCUT2D eigenvalue weighted by Crippen LogP contribution is 2.34. The summed E-state index contributed by atoms with van der Waals surface area (Å²) in [4.78, 5) is 27.3. The Balaban J connectivity index is 2.01. The number of alkyl halides is 5. The van der Waals surface area contributed by atoms with Crippen LogP contribution in [-0.4, -0.2) is 35.4 Å². The minimum Gasteiger partial charge on any atom is -0.397 e. The number of hydrogen-bond acceptors (Lipinski definition) is 4. The molecular formula is C16H13F5N4O2. The maximum atomic E-state index is 12.8. The van der Waals surface area contributed by atoms with Crippen molar-refractivity contribution in [3.8, 4) is 0 Å². The van der Waals surface area contributed by atoms with Crippen LogP contribution in [0.15, 0.2) is 42.6 Å². The zero-order chi connectivity index (χ0) is 20.2. The van der Waals surface area contributed by atoms with Crippen LogP contribution in [0.1, 0.15) is 20.8 Å². The number of aromatic nitrogens is 1. The van der Waals surface area contributed by atoms with Crippen molar-refractivity contribution < 1.29 is 31.5 Å². The molecular weight excluding hydrogens is 375 g/mol. The summed E-state index contributed by atoms with van der Waals surface area (Å²) in [5, 5.41) is 3.96. The number of pyridine rings is 1. The average Bonchev–Trinajstić information content (AvgIpc) is 2.61. The number of halogens is 5. The summed E-state index contributed by atoms with van der Waals surface area (Å²) in [6, 6.07) is 8.63. The second-order valence-corrected chi connectivity index (χ2v) is 5.36. The third-order valence-electron chi connectivity index (χ3n) is 3.35. The maximum absolute atomic E-state index is 12.8. The van der Waals surface area contributed by atoms with E-state index in [0.29, 0.717) is 11.4 Å². The van der Waals surface area contributed by atoms with Crippen molar-refractivity contribution in [3.05, 3.63) is 53.9 Å². The van der Waals surface area contributed by atoms with Gasteiger partial charge in [-0.3, -0.25) is 14.6 Å². The predicted molar refractivity (Wildman–Crippen MR) is 86.4 cm³/mol. The maximum Gasteiger partial charge on any atom is 0.455 e. The number of nitrogens with two attached hydrogens (primary N) is 1. The quantitative estimate of drug-likeness (QED) is 0.542. The summed E-state index contributed by atoms with van der Waals surface area (Å²) < 4.78 is 61.8. The van der Waals surface area contributed by atoms with Crippen LogP contribution in [0.3, 0.4) is 0 Å². The minimum absolute atomic E-state index is 0.0235. The van der Waals surface area contributed by atoms with Crippen molar-refractivity contribution in [2.75, 3.05) is 17.6 Å². The van der Waals surface area contributed by atoms with E-state index in [0.717, 1.165) is 18.3 Å². The fourth-order valence-corrected chi connectivity index (χ4v) is 1.85. The van der Waals surface area contributed by atoms with Crippen molar-refractivity contribution in [2.24, 2.45) is 0 Å². The molecule has 0 aliphatic rings. The van der Waals surface area contributed by atoms with Gasteiger partial charge in [0.25, 0.3) is 11.8 Å². The minimum atomic E-state index is -5.78. The van der Waals surface area contributed by atoms with Crippen LogP contribution in [0, 0.1) is 0 Å². The van der Waals surface area contributed by atoms with Crippen molar-refractivity contribution in [1.82, 2.24) is 10.3 Å². The Morgan fingerprint density at radius 2 is 1.67 bits per heavy atom. The van der Waals surface area contributed by atoms with E-state index in [1.54, 1.807) is 24.3 Å². The lowest BCUT2D eigenvalue weighted by Gasteiger charge is -2.19. The molecule has 0 radical (unpaired) electrons. The van der Waals surface area contributed by atoms with Gasteiger partial charge in [0.1, 0.15) is 5.69 Å². The molecule has 27 heavy (non-hydrogen) atoms. The molecule has 0 unspecified atom stereocenters. The Morgan fingerprint density at radius 1 is 1.00 bits per heavy atom. The van der Waals surface area contributed by atoms with Crippen LogP contribution in [-0.2, 0) is 0 Å². The molecule has 0 saturated carbocycles. The van der Waals surface area contributed by atoms with Gasteiger partial charge in [0, 0.05) is 6.20 Å². The SMILES string of the molecule is Nc1ccccc1NC(=O)c1ccc(C(=O)NCC(F)(F)C(F)(F)F)nc1. The molecule has 2 aromatic rings. The second kappa shape index (κ2) is 7.56. The lowest BCUT2D eigenvalue weighted by Crippen LogP contribution is -2.46. The number of nitrogens with zero attached hydrogens (tertiary/aromatic N) is 1. The third-order valence-corrected chi connectivity index (χ3v) is 3.35. The Bertz CT molecular complexity index is 837. The van der Waals surface area contributed by atoms with Gasteiger partial charge in [-0.15, -0.1) is 0 Å². The van der Waals surface area contributed by atoms with E-state index in [1.165, 1.54) is 5.32 Å². The van der Waals surface area contributed by atoms with Crippen molar-refractivity contribution in [3.63, 3.8) is 0 Å². The van der Waals surface area contributed by atoms with Gasteiger partial charge in [0.2, 0.25) is 0 Å². The first kappa shape index (κ1) is 20.1. The molecule has 0 aliphatic heterocycles. The molecule has 0 bridgehead atoms. The molecule has 1 aromatic carbocycles. The Hall–Kier alpha value is -3.24. The first-order valence-corrected chi connectivity index (χ1v) is 7.36. The monoisotopic (exact) mass is 388 g/mol. The van der Waals surface area contributed by atoms with Crippen LogP contribution in [0.25, 0.3) is 0 Å². The zero-order valence-electron chi connectivity index (χ0n) is 13.5. The van der Waals surface area contributed by atoms with Gasteiger partial charge in [0.05, 0.1) is 23.5 Å². The highest BCUT2D eigenvalue weighted by atomic mass is 19.4. The van der Waals surface area contributed by atoms with E-state index in [1.807, 2.05) is 0 Å². The van der Waals surface area contributed by atoms with E-state index in [-0.39, 0.29) is 5.56 Å². The van der Waals surface area contributed by atoms with Crippen molar-refractivity contribution in [1.29, 1.82) is 0 Å². The molecule has 0 spiro atoms. The molecule has 11 heteroatoms. The highest BCUT2D eigenvalue weighted by Gasteiger charge is 2.57. The number of carbonyl (C=O) groups excluding carboxylic acids is 2. The molecule has 2 amide bonds. The molecule has 0 aliphatic carbocycles. The summed E-state index contributed by atoms with van der Waals surface area (Å²) in [6.45, 7) is -1.92. The van der Waals surface area contributed by atoms with Crippen LogP contribution < -0.4 is 16.4 Å². The van der Waals surface area contributed by atoms with Gasteiger partial charge in [-0.25, -0.2) is 0 Å². The molecule has 0 fully saturated rings. The summed E-state index contributed by atoms with van der Waals surface area (Å²) in [5.74, 6) is -6.91. The Labute approximate surface area is 149 Å². The molecule has 1 heterocycles. The number of para-hydroxylation sites is 2. The lowest BCUT2D eigenvalue weighted by atomic mass is 10.2. The van der Waals surface area contributed by atoms with E-state index in [9.17, 15) is 31.5 Å². The fourth-order valence-electron chi connectivity index (χ4n) is 1.85. The lowest BCUT2D eigenvalue weighted by molar-refractivity contribution is -0.278. The van der Waals surface area contributed by atoms with Crippen molar-refractivity contribution in [2.45, 2.75) is 12.1 Å². The zero-order valence-corrected chi connectivity index (χ0v) is 13.5. The Kier molecular flexibility index (Phi) is 5.62. The summed E-state index contributed by atoms with van der Waals surface area (Å²) in [7, 11) is 0. The molecule has 144 valence electrons.